The van der Waals surface area contributed by atoms with Crippen molar-refractivity contribution in [2.75, 3.05) is 33.4 Å². The van der Waals surface area contributed by atoms with Crippen LogP contribution < -0.4 is 9.47 Å². The minimum absolute atomic E-state index is 0.0308. The highest BCUT2D eigenvalue weighted by Gasteiger charge is 2.35. The fourth-order valence-corrected chi connectivity index (χ4v) is 3.86. The van der Waals surface area contributed by atoms with Gasteiger partial charge in [0.15, 0.2) is 23.5 Å². The van der Waals surface area contributed by atoms with Gasteiger partial charge in [0.25, 0.3) is 0 Å². The fourth-order valence-electron chi connectivity index (χ4n) is 3.40. The molecule has 0 aromatic heterocycles. The first-order chi connectivity index (χ1) is 13.2. The van der Waals surface area contributed by atoms with Crippen molar-refractivity contribution in [3.63, 3.8) is 0 Å². The molecule has 2 aliphatic heterocycles. The van der Waals surface area contributed by atoms with E-state index in [-0.39, 0.29) is 5.78 Å². The van der Waals surface area contributed by atoms with E-state index in [4.69, 9.17) is 14.2 Å². The molecule has 0 amide bonds. The third kappa shape index (κ3) is 3.65. The van der Waals surface area contributed by atoms with Gasteiger partial charge in [-0.3, -0.25) is 9.69 Å². The summed E-state index contributed by atoms with van der Waals surface area (Å²) in [5.74, 6) is 1.26. The molecule has 0 saturated carbocycles. The van der Waals surface area contributed by atoms with Gasteiger partial charge in [0.2, 0.25) is 0 Å². The summed E-state index contributed by atoms with van der Waals surface area (Å²) in [5, 5.41) is 0. The lowest BCUT2D eigenvalue weighted by Crippen LogP contribution is -2.49. The number of halogens is 1. The van der Waals surface area contributed by atoms with Crippen LogP contribution in [0.25, 0.3) is 6.08 Å². The molecule has 2 aromatic rings. The molecule has 1 fully saturated rings. The molecule has 0 spiro atoms. The van der Waals surface area contributed by atoms with Crippen molar-refractivity contribution in [2.45, 2.75) is 6.23 Å². The number of ether oxygens (including phenoxy) is 3. The molecule has 0 aliphatic carbocycles. The van der Waals surface area contributed by atoms with Crippen LogP contribution >= 0.6 is 15.9 Å². The number of hydrogen-bond acceptors (Lipinski definition) is 5. The molecule has 2 aromatic carbocycles. The molecule has 1 saturated heterocycles. The molecule has 6 heteroatoms. The molecular formula is C21H20BrNO4. The smallest absolute Gasteiger partial charge is 0.194 e. The fraction of sp³-hybridized carbons (Fsp3) is 0.286. The maximum absolute atomic E-state index is 13.3. The van der Waals surface area contributed by atoms with Gasteiger partial charge in [-0.2, -0.15) is 0 Å². The van der Waals surface area contributed by atoms with E-state index in [0.29, 0.717) is 48.9 Å². The lowest BCUT2D eigenvalue weighted by molar-refractivity contribution is -0.0308. The molecular weight excluding hydrogens is 410 g/mol. The lowest BCUT2D eigenvalue weighted by Gasteiger charge is -2.37. The molecule has 0 N–H and O–H groups in total. The molecule has 0 radical (unpaired) electrons. The maximum atomic E-state index is 13.3. The molecule has 140 valence electrons. The van der Waals surface area contributed by atoms with Gasteiger partial charge in [-0.25, -0.2) is 0 Å². The highest BCUT2D eigenvalue weighted by molar-refractivity contribution is 9.10. The summed E-state index contributed by atoms with van der Waals surface area (Å²) in [6.07, 6.45) is 1.45. The van der Waals surface area contributed by atoms with Gasteiger partial charge in [0, 0.05) is 28.7 Å². The van der Waals surface area contributed by atoms with E-state index < -0.39 is 6.23 Å². The van der Waals surface area contributed by atoms with Crippen molar-refractivity contribution in [3.8, 4) is 11.5 Å². The van der Waals surface area contributed by atoms with Crippen molar-refractivity contribution < 1.29 is 19.0 Å². The Morgan fingerprint density at radius 1 is 1.19 bits per heavy atom. The first kappa shape index (κ1) is 18.2. The summed E-state index contributed by atoms with van der Waals surface area (Å²) >= 11 is 3.50. The second kappa shape index (κ2) is 7.84. The number of carbonyl (C=O) groups excluding carboxylic acids is 1. The number of methoxy groups -OCH3 is 1. The minimum atomic E-state index is -0.468. The van der Waals surface area contributed by atoms with Crippen LogP contribution in [0, 0.1) is 0 Å². The number of carbonyl (C=O) groups is 1. The van der Waals surface area contributed by atoms with Crippen molar-refractivity contribution in [2.24, 2.45) is 0 Å². The Morgan fingerprint density at radius 2 is 1.93 bits per heavy atom. The molecule has 5 nitrogen and oxygen atoms in total. The van der Waals surface area contributed by atoms with Crippen molar-refractivity contribution in [1.82, 2.24) is 4.90 Å². The second-order valence-electron chi connectivity index (χ2n) is 6.44. The summed E-state index contributed by atoms with van der Waals surface area (Å²) in [6.45, 7) is 2.66. The van der Waals surface area contributed by atoms with Crippen LogP contribution in [0.1, 0.15) is 15.9 Å². The predicted molar refractivity (Wildman–Crippen MR) is 106 cm³/mol. The van der Waals surface area contributed by atoms with Crippen molar-refractivity contribution >= 4 is 27.8 Å². The first-order valence-electron chi connectivity index (χ1n) is 8.84. The normalized spacial score (nSPS) is 19.6. The Kier molecular flexibility index (Phi) is 5.29. The molecule has 1 unspecified atom stereocenters. The summed E-state index contributed by atoms with van der Waals surface area (Å²) in [4.78, 5) is 15.4. The van der Waals surface area contributed by atoms with Crippen molar-refractivity contribution in [1.29, 1.82) is 0 Å². The standard InChI is InChI=1S/C21H20BrNO4/c1-25-18-13-16(22)11-15-12-17(19(24)14-5-3-2-4-6-14)21(27-20(15)18)23-7-9-26-10-8-23/h2-6,11-13,21H,7-10H2,1H3. The van der Waals surface area contributed by atoms with Gasteiger partial charge in [-0.15, -0.1) is 0 Å². The number of nitrogens with zero attached hydrogens (tertiary/aromatic N) is 1. The summed E-state index contributed by atoms with van der Waals surface area (Å²) in [7, 11) is 1.61. The number of fused-ring (bicyclic) bond motifs is 1. The molecule has 0 bridgehead atoms. The number of Topliss-reactive ketones (excluding diaryl/α,β-unsaturated/α-hetero) is 1. The Balaban J connectivity index is 1.80. The van der Waals surface area contributed by atoms with Crippen LogP contribution in [-0.2, 0) is 4.74 Å². The quantitative estimate of drug-likeness (QED) is 0.692. The SMILES string of the molecule is COc1cc(Br)cc2c1OC(N1CCOCC1)C(C(=O)c1ccccc1)=C2. The zero-order chi connectivity index (χ0) is 18.8. The first-order valence-corrected chi connectivity index (χ1v) is 9.64. The van der Waals surface area contributed by atoms with Gasteiger partial charge >= 0.3 is 0 Å². The zero-order valence-corrected chi connectivity index (χ0v) is 16.6. The number of rotatable bonds is 4. The molecule has 27 heavy (non-hydrogen) atoms. The Bertz CT molecular complexity index is 875. The molecule has 4 rings (SSSR count). The maximum Gasteiger partial charge on any atom is 0.194 e. The molecule has 1 atom stereocenters. The van der Waals surface area contributed by atoms with E-state index in [1.54, 1.807) is 7.11 Å². The molecule has 2 heterocycles. The predicted octanol–water partition coefficient (Wildman–Crippen LogP) is 3.77. The van der Waals surface area contributed by atoms with Gasteiger partial charge < -0.3 is 14.2 Å². The number of hydrogen-bond donors (Lipinski definition) is 0. The van der Waals surface area contributed by atoms with Crippen LogP contribution in [0.15, 0.2) is 52.5 Å². The highest BCUT2D eigenvalue weighted by Crippen LogP contribution is 2.41. The minimum Gasteiger partial charge on any atom is -0.493 e. The lowest BCUT2D eigenvalue weighted by atomic mass is 9.96. The summed E-state index contributed by atoms with van der Waals surface area (Å²) < 4.78 is 18.2. The Hall–Kier alpha value is -2.15. The van der Waals surface area contributed by atoms with Crippen LogP contribution in [-0.4, -0.2) is 50.3 Å². The zero-order valence-electron chi connectivity index (χ0n) is 15.0. The van der Waals surface area contributed by atoms with E-state index in [1.165, 1.54) is 0 Å². The average Bonchev–Trinajstić information content (AvgIpc) is 2.73. The summed E-state index contributed by atoms with van der Waals surface area (Å²) in [6, 6.07) is 13.1. The van der Waals surface area contributed by atoms with Gasteiger partial charge in [-0.1, -0.05) is 46.3 Å². The number of ketones is 1. The van der Waals surface area contributed by atoms with E-state index in [9.17, 15) is 4.79 Å². The summed E-state index contributed by atoms with van der Waals surface area (Å²) in [5.41, 5.74) is 2.09. The van der Waals surface area contributed by atoms with Crippen LogP contribution in [0.5, 0.6) is 11.5 Å². The van der Waals surface area contributed by atoms with Gasteiger partial charge in [0.1, 0.15) is 0 Å². The Labute approximate surface area is 166 Å². The third-order valence-corrected chi connectivity index (χ3v) is 5.21. The largest absolute Gasteiger partial charge is 0.493 e. The van der Waals surface area contributed by atoms with Crippen LogP contribution in [0.4, 0.5) is 0 Å². The molecule has 2 aliphatic rings. The van der Waals surface area contributed by atoms with Gasteiger partial charge in [0.05, 0.1) is 25.9 Å². The van der Waals surface area contributed by atoms with Gasteiger partial charge in [-0.05, 0) is 18.2 Å². The number of morpholine rings is 1. The average molecular weight is 430 g/mol. The Morgan fingerprint density at radius 3 is 2.63 bits per heavy atom. The van der Waals surface area contributed by atoms with Crippen LogP contribution in [0.2, 0.25) is 0 Å². The van der Waals surface area contributed by atoms with E-state index in [0.717, 1.165) is 10.0 Å². The third-order valence-electron chi connectivity index (χ3n) is 4.75. The van der Waals surface area contributed by atoms with Crippen molar-refractivity contribution in [3.05, 3.63) is 63.6 Å². The van der Waals surface area contributed by atoms with E-state index in [1.807, 2.05) is 48.5 Å². The second-order valence-corrected chi connectivity index (χ2v) is 7.36. The van der Waals surface area contributed by atoms with E-state index in [2.05, 4.69) is 20.8 Å². The highest BCUT2D eigenvalue weighted by atomic mass is 79.9. The van der Waals surface area contributed by atoms with E-state index >= 15 is 0 Å². The van der Waals surface area contributed by atoms with Crippen LogP contribution in [0.3, 0.4) is 0 Å². The monoisotopic (exact) mass is 429 g/mol. The number of benzene rings is 2. The topological polar surface area (TPSA) is 48.0 Å².